The average Bonchev–Trinajstić information content (AvgIpc) is 3.72. The number of nitrogens with one attached hydrogen (secondary N) is 1. The van der Waals surface area contributed by atoms with E-state index < -0.39 is 0 Å². The third kappa shape index (κ3) is 4.62. The summed E-state index contributed by atoms with van der Waals surface area (Å²) < 4.78 is 1.72. The minimum Gasteiger partial charge on any atom is -0.361 e. The van der Waals surface area contributed by atoms with Crippen molar-refractivity contribution in [2.75, 3.05) is 11.6 Å². The van der Waals surface area contributed by atoms with Gasteiger partial charge in [0.2, 0.25) is 0 Å². The number of hydrogen-bond acceptors (Lipinski definition) is 9. The second kappa shape index (κ2) is 9.69. The zero-order valence-electron chi connectivity index (χ0n) is 20.3. The smallest absolute Gasteiger partial charge is 0.295 e. The van der Waals surface area contributed by atoms with E-state index in [1.165, 1.54) is 0 Å². The summed E-state index contributed by atoms with van der Waals surface area (Å²) in [6.45, 7) is 6.46. The summed E-state index contributed by atoms with van der Waals surface area (Å²) in [5.41, 5.74) is 4.55. The number of thioether (sulfide) groups is 1. The Bertz CT molecular complexity index is 1430. The van der Waals surface area contributed by atoms with Gasteiger partial charge in [0.05, 0.1) is 28.2 Å². The number of fused-ring (bicyclic) bond motifs is 1. The van der Waals surface area contributed by atoms with Gasteiger partial charge in [0.25, 0.3) is 5.56 Å². The van der Waals surface area contributed by atoms with Crippen LogP contribution >= 0.6 is 11.8 Å². The van der Waals surface area contributed by atoms with Gasteiger partial charge < -0.3 is 5.32 Å². The minimum absolute atomic E-state index is 0.0603. The van der Waals surface area contributed by atoms with E-state index in [9.17, 15) is 4.79 Å². The van der Waals surface area contributed by atoms with Gasteiger partial charge in [-0.25, -0.2) is 29.9 Å². The van der Waals surface area contributed by atoms with Crippen LogP contribution in [0.4, 0.5) is 5.82 Å². The fourth-order valence-corrected chi connectivity index (χ4v) is 4.45. The molecule has 35 heavy (non-hydrogen) atoms. The molecule has 1 N–H and O–H groups in total. The standard InChI is InChI=1S/C25H28N8OS/c1-5-14(2)33-24-18(31-23(25(33)34)27-11-16-6-9-19(35-4)26-10-16)12-28-22(32-24)20-15(3)29-13-30-21(20)17-7-8-17/h6,9-10,12-14,17H,5,7-8,11H2,1-4H3,(H,27,31). The Labute approximate surface area is 207 Å². The van der Waals surface area contributed by atoms with Crippen LogP contribution < -0.4 is 10.9 Å². The van der Waals surface area contributed by atoms with Crippen molar-refractivity contribution >= 4 is 28.7 Å². The Balaban J connectivity index is 1.57. The zero-order chi connectivity index (χ0) is 24.5. The highest BCUT2D eigenvalue weighted by molar-refractivity contribution is 7.98. The highest BCUT2D eigenvalue weighted by atomic mass is 32.2. The van der Waals surface area contributed by atoms with Crippen LogP contribution in [-0.2, 0) is 6.54 Å². The number of rotatable bonds is 8. The van der Waals surface area contributed by atoms with Crippen molar-refractivity contribution in [2.24, 2.45) is 0 Å². The fourth-order valence-electron chi connectivity index (χ4n) is 4.09. The Kier molecular flexibility index (Phi) is 6.46. The molecule has 5 rings (SSSR count). The molecule has 1 saturated carbocycles. The van der Waals surface area contributed by atoms with Gasteiger partial charge in [-0.1, -0.05) is 13.0 Å². The van der Waals surface area contributed by atoms with Crippen LogP contribution in [0.5, 0.6) is 0 Å². The van der Waals surface area contributed by atoms with Gasteiger partial charge in [-0.15, -0.1) is 11.8 Å². The van der Waals surface area contributed by atoms with Crippen molar-refractivity contribution in [1.29, 1.82) is 0 Å². The summed E-state index contributed by atoms with van der Waals surface area (Å²) >= 11 is 1.59. The first kappa shape index (κ1) is 23.3. The van der Waals surface area contributed by atoms with Crippen molar-refractivity contribution in [2.45, 2.75) is 63.6 Å². The summed E-state index contributed by atoms with van der Waals surface area (Å²) in [5, 5.41) is 4.15. The molecule has 1 fully saturated rings. The van der Waals surface area contributed by atoms with Crippen LogP contribution in [0.1, 0.15) is 62.0 Å². The number of nitrogens with zero attached hydrogens (tertiary/aromatic N) is 7. The highest BCUT2D eigenvalue weighted by Crippen LogP contribution is 2.43. The van der Waals surface area contributed by atoms with Gasteiger partial charge in [0.15, 0.2) is 17.3 Å². The first-order chi connectivity index (χ1) is 17.0. The number of hydrogen-bond donors (Lipinski definition) is 1. The monoisotopic (exact) mass is 488 g/mol. The number of aryl methyl sites for hydroxylation is 1. The Hall–Kier alpha value is -3.40. The molecule has 0 spiro atoms. The van der Waals surface area contributed by atoms with Gasteiger partial charge in [-0.05, 0) is 51.0 Å². The number of anilines is 1. The lowest BCUT2D eigenvalue weighted by Gasteiger charge is -2.18. The third-order valence-corrected chi connectivity index (χ3v) is 7.04. The van der Waals surface area contributed by atoms with Crippen LogP contribution in [0, 0.1) is 6.92 Å². The van der Waals surface area contributed by atoms with E-state index in [-0.39, 0.29) is 17.4 Å². The molecule has 0 aliphatic heterocycles. The number of pyridine rings is 1. The molecule has 4 aromatic heterocycles. The van der Waals surface area contributed by atoms with Crippen LogP contribution in [0.2, 0.25) is 0 Å². The topological polar surface area (TPSA) is 111 Å². The van der Waals surface area contributed by atoms with E-state index >= 15 is 0 Å². The lowest BCUT2D eigenvalue weighted by molar-refractivity contribution is 0.526. The molecule has 0 amide bonds. The first-order valence-corrected chi connectivity index (χ1v) is 13.1. The van der Waals surface area contributed by atoms with Crippen molar-refractivity contribution in [3.63, 3.8) is 0 Å². The molecular weight excluding hydrogens is 460 g/mol. The van der Waals surface area contributed by atoms with Crippen LogP contribution in [0.15, 0.2) is 40.7 Å². The van der Waals surface area contributed by atoms with E-state index in [1.807, 2.05) is 38.4 Å². The average molecular weight is 489 g/mol. The molecule has 1 unspecified atom stereocenters. The normalized spacial score (nSPS) is 14.3. The SMILES string of the molecule is CCC(C)n1c(=O)c(NCc2ccc(SC)nc2)nc2cnc(-c3c(C)ncnc3C3CC3)nc21. The molecule has 0 saturated heterocycles. The lowest BCUT2D eigenvalue weighted by atomic mass is 10.1. The second-order valence-corrected chi connectivity index (χ2v) is 9.68. The Morgan fingerprint density at radius 1 is 1.14 bits per heavy atom. The van der Waals surface area contributed by atoms with Gasteiger partial charge in [0, 0.05) is 24.7 Å². The summed E-state index contributed by atoms with van der Waals surface area (Å²) in [6.07, 6.45) is 10.1. The molecule has 0 bridgehead atoms. The molecule has 4 heterocycles. The molecule has 9 nitrogen and oxygen atoms in total. The van der Waals surface area contributed by atoms with Crippen molar-refractivity contribution in [3.8, 4) is 11.4 Å². The summed E-state index contributed by atoms with van der Waals surface area (Å²) in [5.74, 6) is 1.24. The van der Waals surface area contributed by atoms with Gasteiger partial charge in [0.1, 0.15) is 11.8 Å². The molecular formula is C25H28N8OS. The predicted octanol–water partition coefficient (Wildman–Crippen LogP) is 4.53. The maximum absolute atomic E-state index is 13.5. The maximum atomic E-state index is 13.5. The van der Waals surface area contributed by atoms with E-state index in [0.29, 0.717) is 29.5 Å². The van der Waals surface area contributed by atoms with E-state index in [0.717, 1.165) is 46.8 Å². The lowest BCUT2D eigenvalue weighted by Crippen LogP contribution is -2.28. The molecule has 10 heteroatoms. The van der Waals surface area contributed by atoms with Crippen LogP contribution in [0.3, 0.4) is 0 Å². The van der Waals surface area contributed by atoms with Gasteiger partial charge in [-0.3, -0.25) is 9.36 Å². The minimum atomic E-state index is -0.200. The first-order valence-electron chi connectivity index (χ1n) is 11.8. The van der Waals surface area contributed by atoms with Crippen molar-refractivity contribution in [3.05, 3.63) is 58.2 Å². The molecule has 0 radical (unpaired) electrons. The van der Waals surface area contributed by atoms with Crippen LogP contribution in [0.25, 0.3) is 22.6 Å². The second-order valence-electron chi connectivity index (χ2n) is 8.85. The van der Waals surface area contributed by atoms with Gasteiger partial charge >= 0.3 is 0 Å². The fraction of sp³-hybridized carbons (Fsp3) is 0.400. The molecule has 1 aliphatic rings. The molecule has 0 aromatic carbocycles. The molecule has 180 valence electrons. The van der Waals surface area contributed by atoms with Crippen molar-refractivity contribution in [1.82, 2.24) is 34.5 Å². The van der Waals surface area contributed by atoms with Crippen LogP contribution in [-0.4, -0.2) is 40.7 Å². The maximum Gasteiger partial charge on any atom is 0.295 e. The Morgan fingerprint density at radius 3 is 2.66 bits per heavy atom. The van der Waals surface area contributed by atoms with E-state index in [2.05, 4.69) is 37.2 Å². The molecule has 4 aromatic rings. The molecule has 1 atom stereocenters. The number of aromatic nitrogens is 7. The molecule has 1 aliphatic carbocycles. The summed E-state index contributed by atoms with van der Waals surface area (Å²) in [6, 6.07) is 3.90. The predicted molar refractivity (Wildman–Crippen MR) is 138 cm³/mol. The zero-order valence-corrected chi connectivity index (χ0v) is 21.1. The Morgan fingerprint density at radius 2 is 1.97 bits per heavy atom. The van der Waals surface area contributed by atoms with Crippen molar-refractivity contribution < 1.29 is 0 Å². The van der Waals surface area contributed by atoms with Gasteiger partial charge in [-0.2, -0.15) is 0 Å². The van der Waals surface area contributed by atoms with E-state index in [4.69, 9.17) is 4.98 Å². The quantitative estimate of drug-likeness (QED) is 0.358. The highest BCUT2D eigenvalue weighted by Gasteiger charge is 2.30. The van der Waals surface area contributed by atoms with E-state index in [1.54, 1.807) is 28.9 Å². The third-order valence-electron chi connectivity index (χ3n) is 6.38. The summed E-state index contributed by atoms with van der Waals surface area (Å²) in [7, 11) is 0. The summed E-state index contributed by atoms with van der Waals surface area (Å²) in [4.78, 5) is 40.9. The largest absolute Gasteiger partial charge is 0.361 e.